The summed E-state index contributed by atoms with van der Waals surface area (Å²) in [5, 5.41) is 4.47. The quantitative estimate of drug-likeness (QED) is 0.821. The van der Waals surface area contributed by atoms with Crippen molar-refractivity contribution in [2.24, 2.45) is 0 Å². The second-order valence-corrected chi connectivity index (χ2v) is 4.46. The lowest BCUT2D eigenvalue weighted by Gasteiger charge is -2.27. The average Bonchev–Trinajstić information content (AvgIpc) is 2.55. The SMILES string of the molecule is CCCn1nc(C)c(N)c1N(C)C(C)COC. The second kappa shape index (κ2) is 5.91. The number of methoxy groups -OCH3 is 1. The van der Waals surface area contributed by atoms with Gasteiger partial charge >= 0.3 is 0 Å². The topological polar surface area (TPSA) is 56.3 Å². The van der Waals surface area contributed by atoms with Gasteiger partial charge in [0.05, 0.1) is 24.0 Å². The molecule has 0 aromatic carbocycles. The summed E-state index contributed by atoms with van der Waals surface area (Å²) in [5.41, 5.74) is 7.76. The van der Waals surface area contributed by atoms with Crippen LogP contribution >= 0.6 is 0 Å². The van der Waals surface area contributed by atoms with Gasteiger partial charge in [0.2, 0.25) is 0 Å². The van der Waals surface area contributed by atoms with E-state index in [2.05, 4.69) is 23.8 Å². The maximum Gasteiger partial charge on any atom is 0.150 e. The lowest BCUT2D eigenvalue weighted by molar-refractivity contribution is 0.183. The fourth-order valence-corrected chi connectivity index (χ4v) is 1.88. The van der Waals surface area contributed by atoms with Gasteiger partial charge in [-0.1, -0.05) is 6.92 Å². The van der Waals surface area contributed by atoms with Gasteiger partial charge in [-0.05, 0) is 20.3 Å². The largest absolute Gasteiger partial charge is 0.394 e. The summed E-state index contributed by atoms with van der Waals surface area (Å²) in [6.07, 6.45) is 1.04. The van der Waals surface area contributed by atoms with Gasteiger partial charge in [0, 0.05) is 20.7 Å². The summed E-state index contributed by atoms with van der Waals surface area (Å²) in [7, 11) is 3.74. The number of hydrogen-bond acceptors (Lipinski definition) is 4. The van der Waals surface area contributed by atoms with Crippen molar-refractivity contribution in [2.75, 3.05) is 31.4 Å². The first-order chi connectivity index (χ1) is 8.02. The van der Waals surface area contributed by atoms with Crippen LogP contribution in [0.5, 0.6) is 0 Å². The first-order valence-electron chi connectivity index (χ1n) is 6.07. The Balaban J connectivity index is 3.01. The summed E-state index contributed by atoms with van der Waals surface area (Å²) < 4.78 is 7.16. The minimum absolute atomic E-state index is 0.272. The monoisotopic (exact) mass is 240 g/mol. The highest BCUT2D eigenvalue weighted by atomic mass is 16.5. The third-order valence-electron chi connectivity index (χ3n) is 2.98. The molecule has 1 heterocycles. The van der Waals surface area contributed by atoms with E-state index in [1.165, 1.54) is 0 Å². The van der Waals surface area contributed by atoms with E-state index in [0.29, 0.717) is 6.61 Å². The van der Waals surface area contributed by atoms with E-state index in [1.807, 2.05) is 18.7 Å². The zero-order valence-electron chi connectivity index (χ0n) is 11.5. The molecule has 0 spiro atoms. The minimum atomic E-state index is 0.272. The molecule has 1 unspecified atom stereocenters. The highest BCUT2D eigenvalue weighted by Gasteiger charge is 2.19. The maximum atomic E-state index is 6.10. The van der Waals surface area contributed by atoms with Gasteiger partial charge < -0.3 is 15.4 Å². The van der Waals surface area contributed by atoms with Crippen LogP contribution < -0.4 is 10.6 Å². The molecule has 1 rings (SSSR count). The standard InChI is InChI=1S/C12H24N4O/c1-6-7-16-12(11(13)10(3)14-16)15(4)9(2)8-17-5/h9H,6-8,13H2,1-5H3. The van der Waals surface area contributed by atoms with E-state index in [4.69, 9.17) is 10.5 Å². The number of anilines is 2. The molecule has 0 bridgehead atoms. The Morgan fingerprint density at radius 1 is 1.53 bits per heavy atom. The Morgan fingerprint density at radius 2 is 2.18 bits per heavy atom. The molecule has 0 aliphatic carbocycles. The molecule has 0 aliphatic rings. The number of hydrogen-bond donors (Lipinski definition) is 1. The predicted molar refractivity (Wildman–Crippen MR) is 71.4 cm³/mol. The van der Waals surface area contributed by atoms with Crippen LogP contribution in [0.3, 0.4) is 0 Å². The second-order valence-electron chi connectivity index (χ2n) is 4.46. The van der Waals surface area contributed by atoms with Crippen molar-refractivity contribution in [1.82, 2.24) is 9.78 Å². The zero-order valence-corrected chi connectivity index (χ0v) is 11.5. The number of aryl methyl sites for hydroxylation is 2. The highest BCUT2D eigenvalue weighted by molar-refractivity contribution is 5.66. The van der Waals surface area contributed by atoms with Gasteiger partial charge in [-0.3, -0.25) is 0 Å². The molecule has 0 saturated heterocycles. The number of nitrogens with two attached hydrogens (primary N) is 1. The Hall–Kier alpha value is -1.23. The van der Waals surface area contributed by atoms with Crippen LogP contribution in [0.4, 0.5) is 11.5 Å². The van der Waals surface area contributed by atoms with Gasteiger partial charge in [0.1, 0.15) is 0 Å². The van der Waals surface area contributed by atoms with Crippen molar-refractivity contribution in [3.05, 3.63) is 5.69 Å². The number of aromatic nitrogens is 2. The smallest absolute Gasteiger partial charge is 0.150 e. The molecule has 1 aromatic rings. The number of nitrogen functional groups attached to an aromatic ring is 1. The number of ether oxygens (including phenoxy) is 1. The first kappa shape index (κ1) is 13.8. The molecule has 0 radical (unpaired) electrons. The van der Waals surface area contributed by atoms with Crippen LogP contribution in [-0.2, 0) is 11.3 Å². The summed E-state index contributed by atoms with van der Waals surface area (Å²) in [6, 6.07) is 0.272. The summed E-state index contributed by atoms with van der Waals surface area (Å²) in [5.74, 6) is 0.994. The van der Waals surface area contributed by atoms with Crippen LogP contribution in [0, 0.1) is 6.92 Å². The predicted octanol–water partition coefficient (Wildman–Crippen LogP) is 1.65. The highest BCUT2D eigenvalue weighted by Crippen LogP contribution is 2.27. The van der Waals surface area contributed by atoms with Gasteiger partial charge in [-0.25, -0.2) is 4.68 Å². The van der Waals surface area contributed by atoms with E-state index in [1.54, 1.807) is 7.11 Å². The fraction of sp³-hybridized carbons (Fsp3) is 0.750. The van der Waals surface area contributed by atoms with E-state index >= 15 is 0 Å². The molecule has 1 aromatic heterocycles. The molecular weight excluding hydrogens is 216 g/mol. The third kappa shape index (κ3) is 2.91. The fourth-order valence-electron chi connectivity index (χ4n) is 1.88. The molecule has 0 aliphatic heterocycles. The molecule has 5 nitrogen and oxygen atoms in total. The zero-order chi connectivity index (χ0) is 13.0. The molecular formula is C12H24N4O. The summed E-state index contributed by atoms with van der Waals surface area (Å²) >= 11 is 0. The van der Waals surface area contributed by atoms with E-state index < -0.39 is 0 Å². The van der Waals surface area contributed by atoms with Crippen molar-refractivity contribution in [3.8, 4) is 0 Å². The molecule has 17 heavy (non-hydrogen) atoms. The van der Waals surface area contributed by atoms with Gasteiger partial charge in [-0.2, -0.15) is 5.10 Å². The minimum Gasteiger partial charge on any atom is -0.394 e. The Kier molecular flexibility index (Phi) is 4.81. The Morgan fingerprint density at radius 3 is 2.71 bits per heavy atom. The number of likely N-dealkylation sites (N-methyl/N-ethyl adjacent to an activating group) is 1. The lowest BCUT2D eigenvalue weighted by atomic mass is 10.3. The van der Waals surface area contributed by atoms with Crippen molar-refractivity contribution >= 4 is 11.5 Å². The Labute approximate surface area is 104 Å². The molecule has 0 fully saturated rings. The summed E-state index contributed by atoms with van der Waals surface area (Å²) in [6.45, 7) is 7.75. The molecule has 98 valence electrons. The van der Waals surface area contributed by atoms with Gasteiger partial charge in [0.15, 0.2) is 5.82 Å². The first-order valence-corrected chi connectivity index (χ1v) is 6.07. The van der Waals surface area contributed by atoms with Crippen LogP contribution in [0.15, 0.2) is 0 Å². The van der Waals surface area contributed by atoms with Gasteiger partial charge in [0.25, 0.3) is 0 Å². The maximum absolute atomic E-state index is 6.10. The van der Waals surface area contributed by atoms with Crippen molar-refractivity contribution < 1.29 is 4.74 Å². The molecule has 0 saturated carbocycles. The molecule has 2 N–H and O–H groups in total. The van der Waals surface area contributed by atoms with Crippen molar-refractivity contribution in [1.29, 1.82) is 0 Å². The van der Waals surface area contributed by atoms with Crippen LogP contribution in [-0.4, -0.2) is 36.6 Å². The van der Waals surface area contributed by atoms with Crippen molar-refractivity contribution in [3.63, 3.8) is 0 Å². The van der Waals surface area contributed by atoms with E-state index in [-0.39, 0.29) is 6.04 Å². The van der Waals surface area contributed by atoms with Crippen molar-refractivity contribution in [2.45, 2.75) is 39.8 Å². The lowest BCUT2D eigenvalue weighted by Crippen LogP contribution is -2.34. The molecule has 1 atom stereocenters. The summed E-state index contributed by atoms with van der Waals surface area (Å²) in [4.78, 5) is 2.13. The third-order valence-corrected chi connectivity index (χ3v) is 2.98. The number of rotatable bonds is 6. The van der Waals surface area contributed by atoms with E-state index in [9.17, 15) is 0 Å². The Bertz CT molecular complexity index is 362. The number of nitrogens with zero attached hydrogens (tertiary/aromatic N) is 3. The average molecular weight is 240 g/mol. The van der Waals surface area contributed by atoms with E-state index in [0.717, 1.165) is 30.2 Å². The van der Waals surface area contributed by atoms with Crippen LogP contribution in [0.1, 0.15) is 26.0 Å². The van der Waals surface area contributed by atoms with Crippen LogP contribution in [0.25, 0.3) is 0 Å². The molecule has 5 heteroatoms. The molecule has 0 amide bonds. The van der Waals surface area contributed by atoms with Gasteiger partial charge in [-0.15, -0.1) is 0 Å². The normalized spacial score (nSPS) is 12.8. The van der Waals surface area contributed by atoms with Crippen LogP contribution in [0.2, 0.25) is 0 Å².